The molecule has 0 unspecified atom stereocenters. The van der Waals surface area contributed by atoms with Crippen LogP contribution < -0.4 is 0 Å². The van der Waals surface area contributed by atoms with Gasteiger partial charge in [0.05, 0.1) is 15.6 Å². The lowest BCUT2D eigenvalue weighted by Crippen LogP contribution is -1.91. The fourth-order valence-electron chi connectivity index (χ4n) is 3.29. The molecule has 3 aromatic rings. The van der Waals surface area contributed by atoms with E-state index in [1.807, 2.05) is 18.2 Å². The number of phenolic OH excluding ortho intramolecular Hbond substituents is 1. The van der Waals surface area contributed by atoms with Crippen molar-refractivity contribution in [2.45, 2.75) is 12.8 Å². The summed E-state index contributed by atoms with van der Waals surface area (Å²) in [6.07, 6.45) is 3.47. The normalized spacial score (nSPS) is 13.0. The Labute approximate surface area is 148 Å². The van der Waals surface area contributed by atoms with Crippen molar-refractivity contribution in [3.63, 3.8) is 0 Å². The van der Waals surface area contributed by atoms with Crippen molar-refractivity contribution in [3.8, 4) is 5.75 Å². The third-order valence-electron chi connectivity index (χ3n) is 4.49. The van der Waals surface area contributed by atoms with Crippen LogP contribution in [-0.2, 0) is 12.8 Å². The van der Waals surface area contributed by atoms with Crippen molar-refractivity contribution >= 4 is 40.0 Å². The zero-order valence-electron chi connectivity index (χ0n) is 13.1. The molecule has 5 nitrogen and oxygen atoms in total. The Bertz CT molecular complexity index is 1050. The van der Waals surface area contributed by atoms with Crippen LogP contribution in [0.3, 0.4) is 0 Å². The Morgan fingerprint density at radius 3 is 2.68 bits per heavy atom. The number of phenols is 1. The summed E-state index contributed by atoms with van der Waals surface area (Å²) in [4.78, 5) is 14.9. The van der Waals surface area contributed by atoms with Crippen LogP contribution in [0.25, 0.3) is 10.8 Å². The van der Waals surface area contributed by atoms with E-state index in [9.17, 15) is 15.2 Å². The van der Waals surface area contributed by atoms with E-state index < -0.39 is 4.92 Å². The second-order valence-corrected chi connectivity index (χ2v) is 6.37. The van der Waals surface area contributed by atoms with Crippen LogP contribution >= 0.6 is 11.6 Å². The van der Waals surface area contributed by atoms with Crippen molar-refractivity contribution in [2.75, 3.05) is 0 Å². The first-order chi connectivity index (χ1) is 12.0. The molecular formula is C19H13ClN2O3. The maximum Gasteiger partial charge on any atom is 0.271 e. The molecule has 0 fully saturated rings. The molecule has 124 valence electrons. The standard InChI is InChI=1S/C19H13ClN2O3/c20-16-9-14(22(24)25)8-13(19(16)23)10-21-17-7-6-12-5-4-11-2-1-3-15(17)18(11)12/h1-3,6-10,23H,4-5H2. The van der Waals surface area contributed by atoms with Gasteiger partial charge in [-0.2, -0.15) is 0 Å². The van der Waals surface area contributed by atoms with Crippen molar-refractivity contribution < 1.29 is 10.0 Å². The molecule has 0 bridgehead atoms. The molecule has 1 aliphatic carbocycles. The molecule has 0 amide bonds. The summed E-state index contributed by atoms with van der Waals surface area (Å²) in [5.41, 5.74) is 3.40. The minimum Gasteiger partial charge on any atom is -0.506 e. The minimum atomic E-state index is -0.554. The zero-order chi connectivity index (χ0) is 17.6. The average molecular weight is 353 g/mol. The fraction of sp³-hybridized carbons (Fsp3) is 0.105. The minimum absolute atomic E-state index is 0.0731. The van der Waals surface area contributed by atoms with Crippen LogP contribution in [0.2, 0.25) is 5.02 Å². The van der Waals surface area contributed by atoms with E-state index in [4.69, 9.17) is 11.6 Å². The average Bonchev–Trinajstić information content (AvgIpc) is 3.02. The SMILES string of the molecule is O=[N+]([O-])c1cc(Cl)c(O)c(C=Nc2ccc3c4c(cccc24)CC3)c1. The van der Waals surface area contributed by atoms with Gasteiger partial charge in [0.2, 0.25) is 0 Å². The lowest BCUT2D eigenvalue weighted by molar-refractivity contribution is -0.384. The molecule has 0 heterocycles. The maximum absolute atomic E-state index is 11.0. The van der Waals surface area contributed by atoms with E-state index in [-0.39, 0.29) is 22.0 Å². The molecule has 0 radical (unpaired) electrons. The highest BCUT2D eigenvalue weighted by Crippen LogP contribution is 2.37. The van der Waals surface area contributed by atoms with E-state index in [0.29, 0.717) is 0 Å². The Balaban J connectivity index is 1.82. The van der Waals surface area contributed by atoms with Crippen molar-refractivity contribution in [1.82, 2.24) is 0 Å². The van der Waals surface area contributed by atoms with Gasteiger partial charge < -0.3 is 5.11 Å². The van der Waals surface area contributed by atoms with Crippen LogP contribution in [0.1, 0.15) is 16.7 Å². The third-order valence-corrected chi connectivity index (χ3v) is 4.77. The summed E-state index contributed by atoms with van der Waals surface area (Å²) in [6, 6.07) is 12.5. The molecular weight excluding hydrogens is 340 g/mol. The van der Waals surface area contributed by atoms with E-state index in [1.54, 1.807) is 0 Å². The number of halogens is 1. The van der Waals surface area contributed by atoms with Gasteiger partial charge in [-0.15, -0.1) is 0 Å². The van der Waals surface area contributed by atoms with Gasteiger partial charge in [-0.1, -0.05) is 35.9 Å². The molecule has 0 spiro atoms. The van der Waals surface area contributed by atoms with Gasteiger partial charge >= 0.3 is 0 Å². The Kier molecular flexibility index (Phi) is 3.66. The molecule has 0 aliphatic heterocycles. The number of rotatable bonds is 3. The first-order valence-electron chi connectivity index (χ1n) is 7.79. The summed E-state index contributed by atoms with van der Waals surface area (Å²) in [5, 5.41) is 23.2. The largest absolute Gasteiger partial charge is 0.506 e. The summed E-state index contributed by atoms with van der Waals surface area (Å²) in [5.74, 6) is -0.220. The fourth-order valence-corrected chi connectivity index (χ4v) is 3.51. The molecule has 3 aromatic carbocycles. The van der Waals surface area contributed by atoms with Crippen LogP contribution in [0.5, 0.6) is 5.75 Å². The maximum atomic E-state index is 11.0. The van der Waals surface area contributed by atoms with E-state index in [1.165, 1.54) is 28.8 Å². The quantitative estimate of drug-likeness (QED) is 0.411. The number of hydrogen-bond donors (Lipinski definition) is 1. The molecule has 25 heavy (non-hydrogen) atoms. The number of nitrogens with zero attached hydrogens (tertiary/aromatic N) is 2. The van der Waals surface area contributed by atoms with Crippen LogP contribution in [0, 0.1) is 10.1 Å². The summed E-state index contributed by atoms with van der Waals surface area (Å²) in [6.45, 7) is 0. The highest BCUT2D eigenvalue weighted by Gasteiger charge is 2.16. The van der Waals surface area contributed by atoms with Gasteiger partial charge in [-0.3, -0.25) is 15.1 Å². The number of aryl methyl sites for hydroxylation is 2. The number of benzene rings is 3. The number of nitro benzene ring substituents is 1. The van der Waals surface area contributed by atoms with Gasteiger partial charge in [-0.05, 0) is 35.4 Å². The van der Waals surface area contributed by atoms with E-state index >= 15 is 0 Å². The number of nitro groups is 1. The monoisotopic (exact) mass is 352 g/mol. The first-order valence-corrected chi connectivity index (χ1v) is 8.17. The zero-order valence-corrected chi connectivity index (χ0v) is 13.8. The van der Waals surface area contributed by atoms with Crippen molar-refractivity contribution in [3.05, 3.63) is 74.3 Å². The van der Waals surface area contributed by atoms with Gasteiger partial charge in [0.15, 0.2) is 0 Å². The van der Waals surface area contributed by atoms with E-state index in [0.717, 1.165) is 30.0 Å². The number of non-ortho nitro benzene ring substituents is 1. The molecule has 0 saturated carbocycles. The molecule has 6 heteroatoms. The van der Waals surface area contributed by atoms with Gasteiger partial charge in [0.25, 0.3) is 5.69 Å². The third kappa shape index (κ3) is 2.62. The van der Waals surface area contributed by atoms with Crippen LogP contribution in [-0.4, -0.2) is 16.2 Å². The van der Waals surface area contributed by atoms with E-state index in [2.05, 4.69) is 17.1 Å². The van der Waals surface area contributed by atoms with Crippen molar-refractivity contribution in [2.24, 2.45) is 4.99 Å². The molecule has 0 atom stereocenters. The molecule has 0 aromatic heterocycles. The Hall–Kier alpha value is -2.92. The molecule has 4 rings (SSSR count). The lowest BCUT2D eigenvalue weighted by Gasteiger charge is -2.06. The molecule has 0 saturated heterocycles. The Morgan fingerprint density at radius 1 is 1.16 bits per heavy atom. The number of aromatic hydroxyl groups is 1. The smallest absolute Gasteiger partial charge is 0.271 e. The van der Waals surface area contributed by atoms with Gasteiger partial charge in [-0.25, -0.2) is 0 Å². The van der Waals surface area contributed by atoms with Crippen LogP contribution in [0.4, 0.5) is 11.4 Å². The topological polar surface area (TPSA) is 75.7 Å². The highest BCUT2D eigenvalue weighted by atomic mass is 35.5. The summed E-state index contributed by atoms with van der Waals surface area (Å²) < 4.78 is 0. The summed E-state index contributed by atoms with van der Waals surface area (Å²) in [7, 11) is 0. The first kappa shape index (κ1) is 15.6. The Morgan fingerprint density at radius 2 is 1.92 bits per heavy atom. The second kappa shape index (κ2) is 5.86. The lowest BCUT2D eigenvalue weighted by atomic mass is 10.0. The van der Waals surface area contributed by atoms with Crippen molar-refractivity contribution in [1.29, 1.82) is 0 Å². The van der Waals surface area contributed by atoms with Gasteiger partial charge in [0.1, 0.15) is 5.75 Å². The second-order valence-electron chi connectivity index (χ2n) is 5.96. The van der Waals surface area contributed by atoms with Gasteiger partial charge in [0, 0.05) is 29.3 Å². The highest BCUT2D eigenvalue weighted by molar-refractivity contribution is 6.32. The number of aliphatic imine (C=N–C) groups is 1. The predicted octanol–water partition coefficient (Wildman–Crippen LogP) is 4.96. The van der Waals surface area contributed by atoms with Crippen LogP contribution in [0.15, 0.2) is 47.5 Å². The predicted molar refractivity (Wildman–Crippen MR) is 98.4 cm³/mol. The summed E-state index contributed by atoms with van der Waals surface area (Å²) >= 11 is 5.87. The molecule has 1 aliphatic rings. The molecule has 1 N–H and O–H groups in total. The number of hydrogen-bond acceptors (Lipinski definition) is 4.